The topological polar surface area (TPSA) is 68.0 Å². The van der Waals surface area contributed by atoms with Gasteiger partial charge in [0.1, 0.15) is 10.9 Å². The van der Waals surface area contributed by atoms with Crippen LogP contribution < -0.4 is 5.32 Å². The van der Waals surface area contributed by atoms with Crippen LogP contribution in [0.25, 0.3) is 0 Å². The second kappa shape index (κ2) is 4.97. The van der Waals surface area contributed by atoms with Gasteiger partial charge in [-0.3, -0.25) is 4.79 Å². The number of rotatable bonds is 3. The smallest absolute Gasteiger partial charge is 0.253 e. The van der Waals surface area contributed by atoms with Gasteiger partial charge in [0, 0.05) is 6.20 Å². The second-order valence-electron chi connectivity index (χ2n) is 3.42. The fourth-order valence-electron chi connectivity index (χ4n) is 1.25. The largest absolute Gasteiger partial charge is 0.444 e. The standard InChI is InChI=1S/C11H10ClN3O2/c1-7-4-14-10(17-7)6-15-11(16)8-2-3-9(12)13-5-8/h2-5H,6H2,1H3,(H,15,16). The zero-order valence-electron chi connectivity index (χ0n) is 9.11. The van der Waals surface area contributed by atoms with E-state index in [-0.39, 0.29) is 12.5 Å². The first-order valence-electron chi connectivity index (χ1n) is 4.96. The van der Waals surface area contributed by atoms with Gasteiger partial charge in [-0.2, -0.15) is 0 Å². The van der Waals surface area contributed by atoms with Crippen molar-refractivity contribution in [3.63, 3.8) is 0 Å². The van der Waals surface area contributed by atoms with E-state index in [1.165, 1.54) is 6.20 Å². The maximum Gasteiger partial charge on any atom is 0.253 e. The molecule has 0 aliphatic rings. The molecule has 2 aromatic heterocycles. The van der Waals surface area contributed by atoms with E-state index in [2.05, 4.69) is 15.3 Å². The average molecular weight is 252 g/mol. The Morgan fingerprint density at radius 1 is 1.41 bits per heavy atom. The summed E-state index contributed by atoms with van der Waals surface area (Å²) in [6, 6.07) is 3.16. The van der Waals surface area contributed by atoms with Gasteiger partial charge in [0.25, 0.3) is 5.91 Å². The van der Waals surface area contributed by atoms with Crippen LogP contribution in [0.3, 0.4) is 0 Å². The summed E-state index contributed by atoms with van der Waals surface area (Å²) >= 11 is 5.62. The number of hydrogen-bond acceptors (Lipinski definition) is 4. The summed E-state index contributed by atoms with van der Waals surface area (Å²) in [5.41, 5.74) is 0.442. The quantitative estimate of drug-likeness (QED) is 0.847. The van der Waals surface area contributed by atoms with E-state index in [1.807, 2.05) is 0 Å². The van der Waals surface area contributed by atoms with Crippen LogP contribution in [0.2, 0.25) is 5.15 Å². The van der Waals surface area contributed by atoms with Crippen molar-refractivity contribution in [2.24, 2.45) is 0 Å². The Labute approximate surface area is 103 Å². The van der Waals surface area contributed by atoms with Gasteiger partial charge in [-0.15, -0.1) is 0 Å². The first-order chi connectivity index (χ1) is 8.15. The van der Waals surface area contributed by atoms with Crippen LogP contribution in [0.5, 0.6) is 0 Å². The molecule has 0 bridgehead atoms. The molecule has 17 heavy (non-hydrogen) atoms. The lowest BCUT2D eigenvalue weighted by molar-refractivity contribution is 0.0947. The molecule has 2 aromatic rings. The minimum Gasteiger partial charge on any atom is -0.444 e. The van der Waals surface area contributed by atoms with Crippen LogP contribution in [0.15, 0.2) is 28.9 Å². The number of halogens is 1. The SMILES string of the molecule is Cc1cnc(CNC(=O)c2ccc(Cl)nc2)o1. The normalized spacial score (nSPS) is 10.2. The van der Waals surface area contributed by atoms with E-state index >= 15 is 0 Å². The number of pyridine rings is 1. The van der Waals surface area contributed by atoms with Crippen molar-refractivity contribution in [2.75, 3.05) is 0 Å². The summed E-state index contributed by atoms with van der Waals surface area (Å²) in [5.74, 6) is 0.935. The van der Waals surface area contributed by atoms with Crippen LogP contribution in [-0.4, -0.2) is 15.9 Å². The van der Waals surface area contributed by atoms with Crippen LogP contribution in [0.1, 0.15) is 22.0 Å². The molecule has 0 atom stereocenters. The molecule has 0 unspecified atom stereocenters. The number of aryl methyl sites for hydroxylation is 1. The minimum atomic E-state index is -0.245. The van der Waals surface area contributed by atoms with Gasteiger partial charge in [-0.1, -0.05) is 11.6 Å². The number of nitrogens with one attached hydrogen (secondary N) is 1. The molecule has 0 radical (unpaired) electrons. The molecule has 88 valence electrons. The predicted octanol–water partition coefficient (Wildman–Crippen LogP) is 1.96. The van der Waals surface area contributed by atoms with E-state index in [9.17, 15) is 4.79 Å². The van der Waals surface area contributed by atoms with Crippen molar-refractivity contribution >= 4 is 17.5 Å². The number of aromatic nitrogens is 2. The third kappa shape index (κ3) is 3.04. The van der Waals surface area contributed by atoms with Crippen molar-refractivity contribution in [3.8, 4) is 0 Å². The van der Waals surface area contributed by atoms with Crippen molar-refractivity contribution in [3.05, 3.63) is 46.9 Å². The number of amides is 1. The molecule has 0 saturated carbocycles. The second-order valence-corrected chi connectivity index (χ2v) is 3.80. The highest BCUT2D eigenvalue weighted by Gasteiger charge is 2.07. The lowest BCUT2D eigenvalue weighted by Gasteiger charge is -2.02. The molecule has 0 spiro atoms. The molecule has 0 aliphatic heterocycles. The lowest BCUT2D eigenvalue weighted by Crippen LogP contribution is -2.23. The summed E-state index contributed by atoms with van der Waals surface area (Å²) < 4.78 is 5.23. The highest BCUT2D eigenvalue weighted by Crippen LogP contribution is 2.06. The Bertz CT molecular complexity index is 522. The van der Waals surface area contributed by atoms with Gasteiger partial charge in [0.05, 0.1) is 18.3 Å². The Balaban J connectivity index is 1.95. The molecule has 6 heteroatoms. The Hall–Kier alpha value is -1.88. The highest BCUT2D eigenvalue weighted by atomic mass is 35.5. The van der Waals surface area contributed by atoms with E-state index in [1.54, 1.807) is 25.3 Å². The molecule has 2 rings (SSSR count). The number of hydrogen-bond donors (Lipinski definition) is 1. The summed E-state index contributed by atoms with van der Waals surface area (Å²) in [7, 11) is 0. The molecule has 1 amide bonds. The van der Waals surface area contributed by atoms with Gasteiger partial charge < -0.3 is 9.73 Å². The Morgan fingerprint density at radius 2 is 2.24 bits per heavy atom. The van der Waals surface area contributed by atoms with E-state index in [4.69, 9.17) is 16.0 Å². The number of nitrogens with zero attached hydrogens (tertiary/aromatic N) is 2. The molecule has 0 aromatic carbocycles. The van der Waals surface area contributed by atoms with Gasteiger partial charge in [-0.25, -0.2) is 9.97 Å². The van der Waals surface area contributed by atoms with Crippen molar-refractivity contribution in [1.82, 2.24) is 15.3 Å². The van der Waals surface area contributed by atoms with Crippen LogP contribution >= 0.6 is 11.6 Å². The third-order valence-corrected chi connectivity index (χ3v) is 2.28. The van der Waals surface area contributed by atoms with Crippen molar-refractivity contribution < 1.29 is 9.21 Å². The number of oxazole rings is 1. The number of carbonyl (C=O) groups excluding carboxylic acids is 1. The van der Waals surface area contributed by atoms with Gasteiger partial charge in [0.15, 0.2) is 0 Å². The summed E-state index contributed by atoms with van der Waals surface area (Å²) in [6.07, 6.45) is 3.02. The van der Waals surface area contributed by atoms with Gasteiger partial charge >= 0.3 is 0 Å². The van der Waals surface area contributed by atoms with Crippen LogP contribution in [0.4, 0.5) is 0 Å². The molecular formula is C11H10ClN3O2. The zero-order valence-corrected chi connectivity index (χ0v) is 9.86. The van der Waals surface area contributed by atoms with Gasteiger partial charge in [-0.05, 0) is 19.1 Å². The predicted molar refractivity (Wildman–Crippen MR) is 61.7 cm³/mol. The first kappa shape index (κ1) is 11.6. The van der Waals surface area contributed by atoms with Gasteiger partial charge in [0.2, 0.25) is 5.89 Å². The fraction of sp³-hybridized carbons (Fsp3) is 0.182. The molecule has 5 nitrogen and oxygen atoms in total. The minimum absolute atomic E-state index is 0.245. The Kier molecular flexibility index (Phi) is 3.39. The molecule has 1 N–H and O–H groups in total. The average Bonchev–Trinajstić information content (AvgIpc) is 2.73. The molecule has 0 fully saturated rings. The van der Waals surface area contributed by atoms with E-state index < -0.39 is 0 Å². The summed E-state index contributed by atoms with van der Waals surface area (Å²) in [6.45, 7) is 2.04. The molecule has 0 aliphatic carbocycles. The van der Waals surface area contributed by atoms with Crippen LogP contribution in [0, 0.1) is 6.92 Å². The maximum absolute atomic E-state index is 11.7. The zero-order chi connectivity index (χ0) is 12.3. The molecule has 2 heterocycles. The molecular weight excluding hydrogens is 242 g/mol. The van der Waals surface area contributed by atoms with Crippen LogP contribution in [-0.2, 0) is 6.54 Å². The fourth-order valence-corrected chi connectivity index (χ4v) is 1.36. The number of carbonyl (C=O) groups is 1. The molecule has 0 saturated heterocycles. The Morgan fingerprint density at radius 3 is 2.82 bits per heavy atom. The van der Waals surface area contributed by atoms with Crippen molar-refractivity contribution in [1.29, 1.82) is 0 Å². The first-order valence-corrected chi connectivity index (χ1v) is 5.34. The highest BCUT2D eigenvalue weighted by molar-refractivity contribution is 6.29. The summed E-state index contributed by atoms with van der Waals surface area (Å²) in [5, 5.41) is 3.02. The lowest BCUT2D eigenvalue weighted by atomic mass is 10.3. The van der Waals surface area contributed by atoms with E-state index in [0.29, 0.717) is 22.4 Å². The third-order valence-electron chi connectivity index (χ3n) is 2.06. The summed E-state index contributed by atoms with van der Waals surface area (Å²) in [4.78, 5) is 19.5. The van der Waals surface area contributed by atoms with Crippen molar-refractivity contribution in [2.45, 2.75) is 13.5 Å². The maximum atomic E-state index is 11.7. The van der Waals surface area contributed by atoms with E-state index in [0.717, 1.165) is 0 Å². The monoisotopic (exact) mass is 251 g/mol.